The third-order valence-electron chi connectivity index (χ3n) is 3.90. The molecule has 2 rings (SSSR count). The first-order valence-corrected chi connectivity index (χ1v) is 7.40. The second-order valence-corrected chi connectivity index (χ2v) is 4.89. The fraction of sp³-hybridized carbons (Fsp3) is 0.647. The minimum Gasteiger partial charge on any atom is -0.497 e. The van der Waals surface area contributed by atoms with Gasteiger partial charge in [-0.2, -0.15) is 0 Å². The van der Waals surface area contributed by atoms with Crippen LogP contribution in [-0.4, -0.2) is 20.2 Å². The lowest BCUT2D eigenvalue weighted by atomic mass is 9.81. The van der Waals surface area contributed by atoms with Crippen molar-refractivity contribution in [1.29, 1.82) is 0 Å². The van der Waals surface area contributed by atoms with Gasteiger partial charge in [-0.1, -0.05) is 41.5 Å². The minimum absolute atomic E-state index is 0.193. The summed E-state index contributed by atoms with van der Waals surface area (Å²) in [5, 5.41) is 0. The Labute approximate surface area is 119 Å². The Morgan fingerprint density at radius 2 is 1.63 bits per heavy atom. The zero-order valence-corrected chi connectivity index (χ0v) is 14.2. The van der Waals surface area contributed by atoms with E-state index in [1.165, 1.54) is 11.3 Å². The predicted octanol–water partition coefficient (Wildman–Crippen LogP) is 4.86. The molecule has 1 aliphatic rings. The number of anilines is 1. The van der Waals surface area contributed by atoms with Crippen LogP contribution in [-0.2, 0) is 5.41 Å². The Morgan fingerprint density at radius 3 is 2.11 bits per heavy atom. The van der Waals surface area contributed by atoms with Crippen LogP contribution in [0.2, 0.25) is 0 Å². The van der Waals surface area contributed by atoms with Gasteiger partial charge in [-0.05, 0) is 30.7 Å². The van der Waals surface area contributed by atoms with Crippen LogP contribution in [0.25, 0.3) is 0 Å². The van der Waals surface area contributed by atoms with Crippen LogP contribution < -0.4 is 9.64 Å². The SMILES string of the molecule is CC.CC.COc1ccc2c(c1)C(C)(C)C(C)N2C. The Bertz CT molecular complexity index is 385. The molecule has 1 aromatic carbocycles. The van der Waals surface area contributed by atoms with Gasteiger partial charge in [-0.3, -0.25) is 0 Å². The molecule has 0 aliphatic carbocycles. The molecule has 110 valence electrons. The van der Waals surface area contributed by atoms with Crippen molar-refractivity contribution < 1.29 is 4.74 Å². The normalized spacial score (nSPS) is 18.6. The molecule has 0 saturated carbocycles. The molecule has 0 spiro atoms. The van der Waals surface area contributed by atoms with E-state index in [-0.39, 0.29) is 5.41 Å². The summed E-state index contributed by atoms with van der Waals surface area (Å²) >= 11 is 0. The standard InChI is InChI=1S/C13H19NO.2C2H6/c1-9-13(2,3)11-8-10(15-5)6-7-12(11)14(9)4;2*1-2/h6-9H,1-5H3;2*1-2H3. The first kappa shape index (κ1) is 17.8. The maximum absolute atomic E-state index is 5.28. The molecule has 0 fully saturated rings. The van der Waals surface area contributed by atoms with E-state index in [1.54, 1.807) is 7.11 Å². The fourth-order valence-electron chi connectivity index (χ4n) is 2.38. The molecule has 0 aromatic heterocycles. The molecule has 1 unspecified atom stereocenters. The quantitative estimate of drug-likeness (QED) is 0.718. The number of rotatable bonds is 1. The van der Waals surface area contributed by atoms with Crippen LogP contribution in [0.15, 0.2) is 18.2 Å². The summed E-state index contributed by atoms with van der Waals surface area (Å²) in [6.45, 7) is 14.9. The van der Waals surface area contributed by atoms with Gasteiger partial charge in [-0.15, -0.1) is 0 Å². The molecule has 2 nitrogen and oxygen atoms in total. The molecule has 1 atom stereocenters. The van der Waals surface area contributed by atoms with Gasteiger partial charge in [0.2, 0.25) is 0 Å². The maximum atomic E-state index is 5.28. The monoisotopic (exact) mass is 265 g/mol. The molecule has 0 amide bonds. The average Bonchev–Trinajstić information content (AvgIpc) is 2.64. The Kier molecular flexibility index (Phi) is 6.96. The zero-order valence-electron chi connectivity index (χ0n) is 14.2. The van der Waals surface area contributed by atoms with E-state index >= 15 is 0 Å². The number of methoxy groups -OCH3 is 1. The summed E-state index contributed by atoms with van der Waals surface area (Å²) in [7, 11) is 3.88. The molecule has 1 heterocycles. The van der Waals surface area contributed by atoms with Crippen molar-refractivity contribution in [2.75, 3.05) is 19.1 Å². The lowest BCUT2D eigenvalue weighted by Crippen LogP contribution is -2.36. The summed E-state index contributed by atoms with van der Waals surface area (Å²) < 4.78 is 5.28. The van der Waals surface area contributed by atoms with Gasteiger partial charge in [0.1, 0.15) is 5.75 Å². The third-order valence-corrected chi connectivity index (χ3v) is 3.90. The molecule has 1 aromatic rings. The van der Waals surface area contributed by atoms with Crippen LogP contribution in [0.5, 0.6) is 5.75 Å². The summed E-state index contributed by atoms with van der Waals surface area (Å²) in [4.78, 5) is 2.34. The summed E-state index contributed by atoms with van der Waals surface area (Å²) in [6, 6.07) is 6.87. The van der Waals surface area contributed by atoms with Crippen molar-refractivity contribution >= 4 is 5.69 Å². The summed E-state index contributed by atoms with van der Waals surface area (Å²) in [5.74, 6) is 0.948. The van der Waals surface area contributed by atoms with Gasteiger partial charge < -0.3 is 9.64 Å². The van der Waals surface area contributed by atoms with E-state index in [0.29, 0.717) is 6.04 Å². The van der Waals surface area contributed by atoms with Crippen molar-refractivity contribution in [3.63, 3.8) is 0 Å². The highest BCUT2D eigenvalue weighted by atomic mass is 16.5. The van der Waals surface area contributed by atoms with E-state index in [1.807, 2.05) is 33.8 Å². The number of likely N-dealkylation sites (N-methyl/N-ethyl adjacent to an activating group) is 1. The second-order valence-electron chi connectivity index (χ2n) is 4.89. The average molecular weight is 265 g/mol. The third kappa shape index (κ3) is 3.23. The fourth-order valence-corrected chi connectivity index (χ4v) is 2.38. The number of hydrogen-bond donors (Lipinski definition) is 0. The van der Waals surface area contributed by atoms with Gasteiger partial charge >= 0.3 is 0 Å². The predicted molar refractivity (Wildman–Crippen MR) is 86.6 cm³/mol. The molecular weight excluding hydrogens is 234 g/mol. The van der Waals surface area contributed by atoms with Gasteiger partial charge in [0.05, 0.1) is 7.11 Å². The largest absolute Gasteiger partial charge is 0.497 e. The van der Waals surface area contributed by atoms with E-state index in [9.17, 15) is 0 Å². The first-order valence-electron chi connectivity index (χ1n) is 7.40. The van der Waals surface area contributed by atoms with Gasteiger partial charge in [-0.25, -0.2) is 0 Å². The lowest BCUT2D eigenvalue weighted by Gasteiger charge is -2.28. The molecule has 0 radical (unpaired) electrons. The highest BCUT2D eigenvalue weighted by Gasteiger charge is 2.40. The Balaban J connectivity index is 0.000000741. The smallest absolute Gasteiger partial charge is 0.119 e. The number of fused-ring (bicyclic) bond motifs is 1. The highest BCUT2D eigenvalue weighted by Crippen LogP contribution is 2.45. The van der Waals surface area contributed by atoms with Crippen molar-refractivity contribution in [1.82, 2.24) is 0 Å². The number of ether oxygens (including phenoxy) is 1. The van der Waals surface area contributed by atoms with Crippen LogP contribution in [0.4, 0.5) is 5.69 Å². The molecule has 19 heavy (non-hydrogen) atoms. The molecule has 0 saturated heterocycles. The van der Waals surface area contributed by atoms with Crippen molar-refractivity contribution in [3.8, 4) is 5.75 Å². The maximum Gasteiger partial charge on any atom is 0.119 e. The molecular formula is C17H31NO. The number of nitrogens with zero attached hydrogens (tertiary/aromatic N) is 1. The van der Waals surface area contributed by atoms with Crippen LogP contribution in [0.3, 0.4) is 0 Å². The van der Waals surface area contributed by atoms with Crippen molar-refractivity contribution in [2.45, 2.75) is 59.9 Å². The van der Waals surface area contributed by atoms with Crippen molar-refractivity contribution in [2.24, 2.45) is 0 Å². The van der Waals surface area contributed by atoms with Crippen LogP contribution >= 0.6 is 0 Å². The molecule has 0 N–H and O–H groups in total. The highest BCUT2D eigenvalue weighted by molar-refractivity contribution is 5.65. The van der Waals surface area contributed by atoms with Gasteiger partial charge in [0.15, 0.2) is 0 Å². The summed E-state index contributed by atoms with van der Waals surface area (Å²) in [5.41, 5.74) is 2.91. The molecule has 0 bridgehead atoms. The van der Waals surface area contributed by atoms with Crippen molar-refractivity contribution in [3.05, 3.63) is 23.8 Å². The number of benzene rings is 1. The van der Waals surface area contributed by atoms with Gasteiger partial charge in [0, 0.05) is 24.2 Å². The van der Waals surface area contributed by atoms with Gasteiger partial charge in [0.25, 0.3) is 0 Å². The topological polar surface area (TPSA) is 12.5 Å². The Morgan fingerprint density at radius 1 is 1.11 bits per heavy atom. The zero-order chi connectivity index (χ0) is 15.2. The minimum atomic E-state index is 0.193. The lowest BCUT2D eigenvalue weighted by molar-refractivity contribution is 0.410. The van der Waals surface area contributed by atoms with E-state index < -0.39 is 0 Å². The van der Waals surface area contributed by atoms with Crippen LogP contribution in [0.1, 0.15) is 54.0 Å². The second kappa shape index (κ2) is 7.42. The number of hydrogen-bond acceptors (Lipinski definition) is 2. The summed E-state index contributed by atoms with van der Waals surface area (Å²) in [6.07, 6.45) is 0. The first-order chi connectivity index (χ1) is 8.98. The Hall–Kier alpha value is -1.18. The molecule has 2 heteroatoms. The van der Waals surface area contributed by atoms with E-state index in [2.05, 4.69) is 44.9 Å². The molecule has 1 aliphatic heterocycles. The van der Waals surface area contributed by atoms with Crippen LogP contribution in [0, 0.1) is 0 Å². The van der Waals surface area contributed by atoms with E-state index in [0.717, 1.165) is 5.75 Å². The van der Waals surface area contributed by atoms with E-state index in [4.69, 9.17) is 4.74 Å².